The van der Waals surface area contributed by atoms with Gasteiger partial charge in [-0.15, -0.1) is 0 Å². The summed E-state index contributed by atoms with van der Waals surface area (Å²) in [5, 5.41) is 13.8. The van der Waals surface area contributed by atoms with E-state index in [1.54, 1.807) is 0 Å². The lowest BCUT2D eigenvalue weighted by atomic mass is 10.1. The Labute approximate surface area is 138 Å². The minimum absolute atomic E-state index is 0.197. The minimum atomic E-state index is -0.211. The molecule has 0 aliphatic heterocycles. The summed E-state index contributed by atoms with van der Waals surface area (Å²) in [6.45, 7) is 0.197. The van der Waals surface area contributed by atoms with E-state index in [0.717, 1.165) is 36.1 Å². The Kier molecular flexibility index (Phi) is 3.82. The second-order valence-corrected chi connectivity index (χ2v) is 5.83. The molecule has 2 N–H and O–H groups in total. The lowest BCUT2D eigenvalue weighted by Gasteiger charge is -2.00. The molecule has 1 aliphatic rings. The van der Waals surface area contributed by atoms with Crippen LogP contribution in [0.4, 0.5) is 0 Å². The first-order valence-corrected chi connectivity index (χ1v) is 7.99. The molecule has 0 fully saturated rings. The van der Waals surface area contributed by atoms with Crippen LogP contribution < -0.4 is 5.32 Å². The van der Waals surface area contributed by atoms with E-state index in [1.807, 2.05) is 30.3 Å². The van der Waals surface area contributed by atoms with Gasteiger partial charge in [0.05, 0.1) is 6.54 Å². The van der Waals surface area contributed by atoms with Crippen molar-refractivity contribution in [3.63, 3.8) is 0 Å². The highest BCUT2D eigenvalue weighted by molar-refractivity contribution is 5.94. The first-order valence-electron chi connectivity index (χ1n) is 7.99. The van der Waals surface area contributed by atoms with Gasteiger partial charge in [-0.3, -0.25) is 9.89 Å². The topological polar surface area (TPSA) is 96.7 Å². The molecule has 1 aliphatic carbocycles. The Morgan fingerprint density at radius 1 is 1.25 bits per heavy atom. The van der Waals surface area contributed by atoms with Gasteiger partial charge in [0.1, 0.15) is 0 Å². The van der Waals surface area contributed by atoms with Gasteiger partial charge in [0, 0.05) is 17.7 Å². The number of aromatic nitrogens is 4. The van der Waals surface area contributed by atoms with Crippen LogP contribution in [0.5, 0.6) is 0 Å². The summed E-state index contributed by atoms with van der Waals surface area (Å²) in [5.41, 5.74) is 3.69. The van der Waals surface area contributed by atoms with Crippen LogP contribution in [0.2, 0.25) is 0 Å². The molecule has 0 saturated carbocycles. The van der Waals surface area contributed by atoms with Crippen molar-refractivity contribution in [2.24, 2.45) is 0 Å². The van der Waals surface area contributed by atoms with Gasteiger partial charge >= 0.3 is 0 Å². The molecule has 1 amide bonds. The molecule has 7 nitrogen and oxygen atoms in total. The van der Waals surface area contributed by atoms with Crippen LogP contribution in [0, 0.1) is 0 Å². The second kappa shape index (κ2) is 6.27. The lowest BCUT2D eigenvalue weighted by Crippen LogP contribution is -2.24. The van der Waals surface area contributed by atoms with Gasteiger partial charge in [-0.25, -0.2) is 0 Å². The number of hydrogen-bond donors (Lipinski definition) is 2. The molecular weight excluding hydrogens is 306 g/mol. The van der Waals surface area contributed by atoms with Gasteiger partial charge in [-0.05, 0) is 24.8 Å². The highest BCUT2D eigenvalue weighted by atomic mass is 16.5. The van der Waals surface area contributed by atoms with E-state index in [9.17, 15) is 4.79 Å². The third-order valence-electron chi connectivity index (χ3n) is 4.14. The van der Waals surface area contributed by atoms with E-state index in [2.05, 4.69) is 25.7 Å². The molecule has 122 valence electrons. The quantitative estimate of drug-likeness (QED) is 0.746. The van der Waals surface area contributed by atoms with Crippen molar-refractivity contribution < 1.29 is 9.32 Å². The standard InChI is InChI=1S/C17H17N5O2/c23-17(16-12-7-4-8-13(12)20-21-16)18-10-15-19-14(22-24-15)9-11-5-2-1-3-6-11/h1-3,5-6H,4,7-10H2,(H,18,23)(H,20,21). The number of fused-ring (bicyclic) bond motifs is 1. The summed E-state index contributed by atoms with van der Waals surface area (Å²) in [5.74, 6) is 0.782. The smallest absolute Gasteiger partial charge is 0.272 e. The van der Waals surface area contributed by atoms with Crippen molar-refractivity contribution in [2.75, 3.05) is 0 Å². The summed E-state index contributed by atoms with van der Waals surface area (Å²) >= 11 is 0. The number of aryl methyl sites for hydroxylation is 1. The van der Waals surface area contributed by atoms with Gasteiger partial charge in [-0.1, -0.05) is 35.5 Å². The van der Waals surface area contributed by atoms with Gasteiger partial charge in [0.25, 0.3) is 5.91 Å². The van der Waals surface area contributed by atoms with Crippen LogP contribution in [0.25, 0.3) is 0 Å². The van der Waals surface area contributed by atoms with Crippen LogP contribution in [0.3, 0.4) is 0 Å². The summed E-state index contributed by atoms with van der Waals surface area (Å²) in [6, 6.07) is 9.93. The Morgan fingerprint density at radius 3 is 3.00 bits per heavy atom. The number of carbonyl (C=O) groups excluding carboxylic acids is 1. The van der Waals surface area contributed by atoms with Crippen molar-refractivity contribution in [1.29, 1.82) is 0 Å². The summed E-state index contributed by atoms with van der Waals surface area (Å²) in [6.07, 6.45) is 3.53. The Balaban J connectivity index is 1.37. The fourth-order valence-electron chi connectivity index (χ4n) is 2.96. The zero-order chi connectivity index (χ0) is 16.4. The maximum absolute atomic E-state index is 12.3. The van der Waals surface area contributed by atoms with Crippen molar-refractivity contribution in [3.05, 3.63) is 64.6 Å². The highest BCUT2D eigenvalue weighted by Crippen LogP contribution is 2.22. The number of rotatable bonds is 5. The van der Waals surface area contributed by atoms with Gasteiger partial charge in [-0.2, -0.15) is 10.1 Å². The average molecular weight is 323 g/mol. The Morgan fingerprint density at radius 2 is 2.12 bits per heavy atom. The minimum Gasteiger partial charge on any atom is -0.342 e. The number of carbonyl (C=O) groups is 1. The predicted molar refractivity (Wildman–Crippen MR) is 85.3 cm³/mol. The number of H-pyrrole nitrogens is 1. The fourth-order valence-corrected chi connectivity index (χ4v) is 2.96. The monoisotopic (exact) mass is 323 g/mol. The number of hydrogen-bond acceptors (Lipinski definition) is 5. The molecule has 2 heterocycles. The van der Waals surface area contributed by atoms with E-state index < -0.39 is 0 Å². The molecule has 2 aromatic heterocycles. The largest absolute Gasteiger partial charge is 0.342 e. The summed E-state index contributed by atoms with van der Waals surface area (Å²) in [4.78, 5) is 16.6. The second-order valence-electron chi connectivity index (χ2n) is 5.83. The van der Waals surface area contributed by atoms with Gasteiger partial charge < -0.3 is 9.84 Å². The average Bonchev–Trinajstić information content (AvgIpc) is 3.30. The zero-order valence-electron chi connectivity index (χ0n) is 13.1. The maximum Gasteiger partial charge on any atom is 0.272 e. The zero-order valence-corrected chi connectivity index (χ0v) is 13.1. The molecule has 1 aromatic carbocycles. The molecule has 3 aromatic rings. The number of benzene rings is 1. The third-order valence-corrected chi connectivity index (χ3v) is 4.14. The van der Waals surface area contributed by atoms with E-state index in [1.165, 1.54) is 0 Å². The fraction of sp³-hybridized carbons (Fsp3) is 0.294. The van der Waals surface area contributed by atoms with Crippen LogP contribution in [-0.4, -0.2) is 26.2 Å². The number of amides is 1. The summed E-state index contributed by atoms with van der Waals surface area (Å²) < 4.78 is 5.19. The van der Waals surface area contributed by atoms with Gasteiger partial charge in [0.2, 0.25) is 5.89 Å². The predicted octanol–water partition coefficient (Wildman–Crippen LogP) is 1.80. The van der Waals surface area contributed by atoms with Crippen molar-refractivity contribution in [3.8, 4) is 0 Å². The molecule has 0 radical (unpaired) electrons. The molecule has 0 atom stereocenters. The number of aromatic amines is 1. The lowest BCUT2D eigenvalue weighted by molar-refractivity contribution is 0.0940. The number of nitrogens with one attached hydrogen (secondary N) is 2. The van der Waals surface area contributed by atoms with Crippen molar-refractivity contribution in [1.82, 2.24) is 25.7 Å². The van der Waals surface area contributed by atoms with Gasteiger partial charge in [0.15, 0.2) is 11.5 Å². The van der Waals surface area contributed by atoms with E-state index in [-0.39, 0.29) is 12.5 Å². The van der Waals surface area contributed by atoms with Crippen LogP contribution in [0.15, 0.2) is 34.9 Å². The molecule has 7 heteroatoms. The maximum atomic E-state index is 12.3. The Hall–Kier alpha value is -2.96. The molecular formula is C17H17N5O2. The normalized spacial score (nSPS) is 13.0. The molecule has 24 heavy (non-hydrogen) atoms. The van der Waals surface area contributed by atoms with E-state index in [4.69, 9.17) is 4.52 Å². The highest BCUT2D eigenvalue weighted by Gasteiger charge is 2.23. The van der Waals surface area contributed by atoms with Crippen molar-refractivity contribution >= 4 is 5.91 Å². The first-order chi connectivity index (χ1) is 11.8. The SMILES string of the molecule is O=C(NCc1nc(Cc2ccccc2)no1)c1n[nH]c2c1CCC2. The van der Waals surface area contributed by atoms with E-state index in [0.29, 0.717) is 23.8 Å². The van der Waals surface area contributed by atoms with Crippen LogP contribution >= 0.6 is 0 Å². The van der Waals surface area contributed by atoms with Crippen LogP contribution in [0.1, 0.15) is 45.4 Å². The van der Waals surface area contributed by atoms with Crippen LogP contribution in [-0.2, 0) is 25.8 Å². The van der Waals surface area contributed by atoms with Crippen molar-refractivity contribution in [2.45, 2.75) is 32.2 Å². The molecule has 0 spiro atoms. The molecule has 0 saturated heterocycles. The summed E-state index contributed by atoms with van der Waals surface area (Å²) in [7, 11) is 0. The molecule has 0 bridgehead atoms. The number of nitrogens with zero attached hydrogens (tertiary/aromatic N) is 3. The first kappa shape index (κ1) is 14.6. The van der Waals surface area contributed by atoms with E-state index >= 15 is 0 Å². The third kappa shape index (κ3) is 2.92. The molecule has 0 unspecified atom stereocenters. The Bertz CT molecular complexity index is 853. The molecule has 4 rings (SSSR count).